The van der Waals surface area contributed by atoms with Gasteiger partial charge in [0, 0.05) is 19.6 Å². The first-order valence-corrected chi connectivity index (χ1v) is 10.6. The number of rotatable bonds is 14. The Morgan fingerprint density at radius 3 is 2.22 bits per heavy atom. The maximum atomic E-state index is 11.8. The fourth-order valence-corrected chi connectivity index (χ4v) is 3.14. The Balaban J connectivity index is 2.34. The van der Waals surface area contributed by atoms with E-state index in [1.54, 1.807) is 0 Å². The van der Waals surface area contributed by atoms with Crippen molar-refractivity contribution in [1.29, 1.82) is 0 Å². The van der Waals surface area contributed by atoms with E-state index in [1.807, 2.05) is 0 Å². The first kappa shape index (κ1) is 24.3. The molecule has 0 aromatic rings. The van der Waals surface area contributed by atoms with Gasteiger partial charge in [-0.05, 0) is 12.8 Å². The Morgan fingerprint density at radius 2 is 1.52 bits per heavy atom. The molecule has 27 heavy (non-hydrogen) atoms. The summed E-state index contributed by atoms with van der Waals surface area (Å²) < 4.78 is 11.2. The number of ether oxygens (including phenoxy) is 2. The molecule has 0 aromatic heterocycles. The number of hydrogen-bond acceptors (Lipinski definition) is 6. The van der Waals surface area contributed by atoms with Crippen LogP contribution in [0.2, 0.25) is 0 Å². The number of carbonyl (C=O) groups is 1. The van der Waals surface area contributed by atoms with E-state index in [4.69, 9.17) is 9.47 Å². The molecule has 4 N–H and O–H groups in total. The maximum Gasteiger partial charge on any atom is 0.220 e. The Morgan fingerprint density at radius 1 is 0.889 bits per heavy atom. The third-order valence-electron chi connectivity index (χ3n) is 4.96. The summed E-state index contributed by atoms with van der Waals surface area (Å²) in [6.07, 6.45) is 4.24. The summed E-state index contributed by atoms with van der Waals surface area (Å²) in [6, 6.07) is 0. The van der Waals surface area contributed by atoms with E-state index < -0.39 is 30.7 Å². The van der Waals surface area contributed by atoms with Crippen molar-refractivity contribution in [1.82, 2.24) is 5.32 Å². The maximum absolute atomic E-state index is 11.8. The molecule has 0 aliphatic carbocycles. The fourth-order valence-electron chi connectivity index (χ4n) is 3.14. The molecule has 7 heteroatoms. The van der Waals surface area contributed by atoms with Crippen molar-refractivity contribution >= 4 is 5.91 Å². The van der Waals surface area contributed by atoms with Gasteiger partial charge < -0.3 is 30.1 Å². The largest absolute Gasteiger partial charge is 0.388 e. The molecule has 0 radical (unpaired) electrons. The monoisotopic (exact) mass is 389 g/mol. The molecular formula is C20H39NO6. The van der Waals surface area contributed by atoms with Crippen LogP contribution in [0.1, 0.15) is 78.1 Å². The van der Waals surface area contributed by atoms with Crippen molar-refractivity contribution in [2.75, 3.05) is 13.2 Å². The molecule has 0 unspecified atom stereocenters. The highest BCUT2D eigenvalue weighted by Gasteiger charge is 2.44. The van der Waals surface area contributed by atoms with Gasteiger partial charge in [0.25, 0.3) is 0 Å². The molecule has 1 rings (SSSR count). The van der Waals surface area contributed by atoms with Crippen LogP contribution in [-0.4, -0.2) is 65.1 Å². The lowest BCUT2D eigenvalue weighted by molar-refractivity contribution is -0.295. The minimum Gasteiger partial charge on any atom is -0.388 e. The standard InChI is InChI=1S/C20H39NO6/c1-3-5-7-8-9-11-13-26-20-19(25)18(24)17(23)15(27-20)14-21-16(22)12-10-6-4-2/h15,17-20,23-25H,3-14H2,1-2H3,(H,21,22)/t15-,17-,18+,19-,20-/m1/s1. The highest BCUT2D eigenvalue weighted by Crippen LogP contribution is 2.22. The third kappa shape index (κ3) is 9.34. The number of carbonyl (C=O) groups excluding carboxylic acids is 1. The molecule has 7 nitrogen and oxygen atoms in total. The van der Waals surface area contributed by atoms with Crippen molar-refractivity contribution in [2.45, 2.75) is 109 Å². The van der Waals surface area contributed by atoms with Crippen molar-refractivity contribution in [2.24, 2.45) is 0 Å². The minimum absolute atomic E-state index is 0.0762. The van der Waals surface area contributed by atoms with Crippen LogP contribution >= 0.6 is 0 Å². The number of aliphatic hydroxyl groups is 3. The topological polar surface area (TPSA) is 108 Å². The van der Waals surface area contributed by atoms with Gasteiger partial charge in [0.15, 0.2) is 6.29 Å². The highest BCUT2D eigenvalue weighted by atomic mass is 16.7. The van der Waals surface area contributed by atoms with Gasteiger partial charge in [-0.1, -0.05) is 58.8 Å². The zero-order valence-electron chi connectivity index (χ0n) is 16.9. The van der Waals surface area contributed by atoms with Crippen LogP contribution in [-0.2, 0) is 14.3 Å². The van der Waals surface area contributed by atoms with E-state index in [-0.39, 0.29) is 12.5 Å². The van der Waals surface area contributed by atoms with E-state index in [1.165, 1.54) is 19.3 Å². The zero-order valence-corrected chi connectivity index (χ0v) is 16.9. The molecule has 0 spiro atoms. The van der Waals surface area contributed by atoms with Crippen molar-refractivity contribution in [3.8, 4) is 0 Å². The first-order valence-electron chi connectivity index (χ1n) is 10.6. The van der Waals surface area contributed by atoms with E-state index in [2.05, 4.69) is 19.2 Å². The second-order valence-corrected chi connectivity index (χ2v) is 7.41. The van der Waals surface area contributed by atoms with Crippen molar-refractivity contribution in [3.05, 3.63) is 0 Å². The average Bonchev–Trinajstić information content (AvgIpc) is 2.66. The number of aliphatic hydroxyl groups excluding tert-OH is 3. The zero-order chi connectivity index (χ0) is 20.1. The smallest absolute Gasteiger partial charge is 0.220 e. The molecule has 1 saturated heterocycles. The van der Waals surface area contributed by atoms with Gasteiger partial charge in [0.05, 0.1) is 0 Å². The molecule has 5 atom stereocenters. The van der Waals surface area contributed by atoms with Gasteiger partial charge in [-0.15, -0.1) is 0 Å². The number of amides is 1. The van der Waals surface area contributed by atoms with Gasteiger partial charge in [0.2, 0.25) is 5.91 Å². The lowest BCUT2D eigenvalue weighted by Crippen LogP contribution is -2.60. The van der Waals surface area contributed by atoms with Crippen LogP contribution in [0.5, 0.6) is 0 Å². The SMILES string of the molecule is CCCCCCCCO[C@@H]1O[C@H](CNC(=O)CCCCC)[C@@H](O)[C@H](O)[C@H]1O. The molecular weight excluding hydrogens is 350 g/mol. The summed E-state index contributed by atoms with van der Waals surface area (Å²) in [5.74, 6) is -0.107. The highest BCUT2D eigenvalue weighted by molar-refractivity contribution is 5.75. The molecule has 0 saturated carbocycles. The molecule has 1 amide bonds. The Labute approximate surface area is 163 Å². The first-order chi connectivity index (χ1) is 13.0. The summed E-state index contributed by atoms with van der Waals surface area (Å²) in [6.45, 7) is 4.75. The normalized spacial score (nSPS) is 28.3. The second kappa shape index (κ2) is 14.3. The van der Waals surface area contributed by atoms with Gasteiger partial charge >= 0.3 is 0 Å². The van der Waals surface area contributed by atoms with Crippen LogP contribution in [0.15, 0.2) is 0 Å². The number of unbranched alkanes of at least 4 members (excludes halogenated alkanes) is 7. The van der Waals surface area contributed by atoms with Gasteiger partial charge in [0.1, 0.15) is 24.4 Å². The van der Waals surface area contributed by atoms with Crippen LogP contribution in [0.25, 0.3) is 0 Å². The van der Waals surface area contributed by atoms with Gasteiger partial charge in [-0.25, -0.2) is 0 Å². The summed E-state index contributed by atoms with van der Waals surface area (Å²) in [4.78, 5) is 11.8. The fraction of sp³-hybridized carbons (Fsp3) is 0.950. The summed E-state index contributed by atoms with van der Waals surface area (Å²) in [5.41, 5.74) is 0. The van der Waals surface area contributed by atoms with Gasteiger partial charge in [-0.2, -0.15) is 0 Å². The molecule has 1 aliphatic rings. The van der Waals surface area contributed by atoms with E-state index in [9.17, 15) is 20.1 Å². The summed E-state index contributed by atoms with van der Waals surface area (Å²) in [7, 11) is 0. The quantitative estimate of drug-likeness (QED) is 0.338. The van der Waals surface area contributed by atoms with E-state index in [0.717, 1.165) is 38.5 Å². The Kier molecular flexibility index (Phi) is 12.9. The Hall–Kier alpha value is -0.730. The Bertz CT molecular complexity index is 395. The third-order valence-corrected chi connectivity index (χ3v) is 4.96. The molecule has 160 valence electrons. The van der Waals surface area contributed by atoms with Crippen LogP contribution in [0, 0.1) is 0 Å². The molecule has 1 fully saturated rings. The lowest BCUT2D eigenvalue weighted by Gasteiger charge is -2.40. The summed E-state index contributed by atoms with van der Waals surface area (Å²) in [5, 5.41) is 32.9. The van der Waals surface area contributed by atoms with E-state index >= 15 is 0 Å². The van der Waals surface area contributed by atoms with Crippen molar-refractivity contribution in [3.63, 3.8) is 0 Å². The molecule has 1 aliphatic heterocycles. The number of nitrogens with one attached hydrogen (secondary N) is 1. The molecule has 0 bridgehead atoms. The molecule has 0 aromatic carbocycles. The van der Waals surface area contributed by atoms with Crippen molar-refractivity contribution < 1.29 is 29.6 Å². The lowest BCUT2D eigenvalue weighted by atomic mass is 9.98. The predicted octanol–water partition coefficient (Wildman–Crippen LogP) is 1.87. The predicted molar refractivity (Wildman–Crippen MR) is 103 cm³/mol. The minimum atomic E-state index is -1.37. The second-order valence-electron chi connectivity index (χ2n) is 7.41. The van der Waals surface area contributed by atoms with Crippen LogP contribution in [0.3, 0.4) is 0 Å². The average molecular weight is 390 g/mol. The van der Waals surface area contributed by atoms with Gasteiger partial charge in [-0.3, -0.25) is 4.79 Å². The van der Waals surface area contributed by atoms with Crippen LogP contribution in [0.4, 0.5) is 0 Å². The number of hydrogen-bond donors (Lipinski definition) is 4. The molecule has 1 heterocycles. The van der Waals surface area contributed by atoms with E-state index in [0.29, 0.717) is 13.0 Å². The summed E-state index contributed by atoms with van der Waals surface area (Å²) >= 11 is 0. The van der Waals surface area contributed by atoms with Crippen LogP contribution < -0.4 is 5.32 Å².